The number of H-pyrrole nitrogens is 1. The minimum absolute atomic E-state index is 0.00591. The summed E-state index contributed by atoms with van der Waals surface area (Å²) in [5.41, 5.74) is 1.71. The molecule has 2 fully saturated rings. The normalized spacial score (nSPS) is 26.1. The summed E-state index contributed by atoms with van der Waals surface area (Å²) in [7, 11) is 1.60. The van der Waals surface area contributed by atoms with Gasteiger partial charge in [-0.25, -0.2) is 0 Å². The number of ether oxygens (including phenoxy) is 2. The maximum atomic E-state index is 12.3. The van der Waals surface area contributed by atoms with Crippen molar-refractivity contribution < 1.29 is 19.4 Å². The van der Waals surface area contributed by atoms with E-state index in [0.29, 0.717) is 34.3 Å². The number of amides is 1. The number of anilines is 1. The van der Waals surface area contributed by atoms with Crippen LogP contribution in [0, 0.1) is 17.8 Å². The molecule has 1 aromatic heterocycles. The molecular weight excluding hydrogens is 484 g/mol. The number of aromatic hydroxyl groups is 1. The molecule has 2 aromatic carbocycles. The van der Waals surface area contributed by atoms with Crippen LogP contribution < -0.4 is 19.7 Å². The van der Waals surface area contributed by atoms with E-state index in [4.69, 9.17) is 9.47 Å². The monoisotopic (exact) mass is 510 g/mol. The van der Waals surface area contributed by atoms with Crippen molar-refractivity contribution >= 4 is 34.7 Å². The lowest BCUT2D eigenvalue weighted by molar-refractivity contribution is -0.118. The Morgan fingerprint density at radius 3 is 2.74 bits per heavy atom. The van der Waals surface area contributed by atoms with Gasteiger partial charge >= 0.3 is 4.87 Å². The number of hydrogen-bond donors (Lipinski definition) is 3. The zero-order chi connectivity index (χ0) is 24.1. The molecule has 6 rings (SSSR count). The summed E-state index contributed by atoms with van der Waals surface area (Å²) < 4.78 is 11.4. The van der Waals surface area contributed by atoms with E-state index in [2.05, 4.69) is 10.3 Å². The quantitative estimate of drug-likeness (QED) is 0.411. The van der Waals surface area contributed by atoms with Crippen LogP contribution in [0.25, 0.3) is 0 Å². The van der Waals surface area contributed by atoms with Crippen LogP contribution in [0.3, 0.4) is 0 Å². The maximum Gasteiger partial charge on any atom is 0.305 e. The Morgan fingerprint density at radius 1 is 1.14 bits per heavy atom. The predicted molar refractivity (Wildman–Crippen MR) is 136 cm³/mol. The number of phenolic OH excluding ortho intramolecular Hbond substituents is 1. The van der Waals surface area contributed by atoms with Crippen molar-refractivity contribution in [1.29, 1.82) is 0 Å². The number of rotatable bonds is 6. The summed E-state index contributed by atoms with van der Waals surface area (Å²) in [6, 6.07) is 12.2. The van der Waals surface area contributed by atoms with Crippen LogP contribution in [-0.4, -0.2) is 35.0 Å². The molecule has 2 saturated carbocycles. The van der Waals surface area contributed by atoms with Gasteiger partial charge in [-0.15, -0.1) is 11.8 Å². The molecule has 3 aromatic rings. The van der Waals surface area contributed by atoms with E-state index >= 15 is 0 Å². The zero-order valence-corrected chi connectivity index (χ0v) is 20.8. The van der Waals surface area contributed by atoms with Crippen LogP contribution >= 0.6 is 23.1 Å². The number of carbonyl (C=O) groups is 1. The standard InChI is InChI=1S/C26H26N2O5S2/c1-32-19-11-14(4-9-18(19)33-12-20(30)27-16-5-7-17(29)8-6-16)22-21-13-2-3-15(10-13)23(21)34-25-24(22)35-26(31)28-25/h4-9,11,13,15,21-23,29H,2-3,10,12H2,1H3,(H,27,30)(H,28,31)/t13?,15?,21?,22-,23?/m1/s1. The van der Waals surface area contributed by atoms with E-state index in [-0.39, 0.29) is 29.1 Å². The van der Waals surface area contributed by atoms with Crippen LogP contribution in [0.15, 0.2) is 52.3 Å². The summed E-state index contributed by atoms with van der Waals surface area (Å²) in [5, 5.41) is 13.7. The first-order chi connectivity index (χ1) is 17.0. The Hall–Kier alpha value is -2.91. The third-order valence-electron chi connectivity index (χ3n) is 7.52. The number of thiazole rings is 1. The summed E-state index contributed by atoms with van der Waals surface area (Å²) in [5.74, 6) is 3.00. The molecule has 2 aliphatic carbocycles. The number of methoxy groups -OCH3 is 1. The van der Waals surface area contributed by atoms with Crippen molar-refractivity contribution in [3.05, 3.63) is 62.6 Å². The number of aromatic amines is 1. The van der Waals surface area contributed by atoms with Crippen molar-refractivity contribution in [2.24, 2.45) is 17.8 Å². The topological polar surface area (TPSA) is 101 Å². The highest BCUT2D eigenvalue weighted by atomic mass is 32.2. The third kappa shape index (κ3) is 4.10. The maximum absolute atomic E-state index is 12.3. The fourth-order valence-corrected chi connectivity index (χ4v) is 9.00. The van der Waals surface area contributed by atoms with Crippen molar-refractivity contribution in [1.82, 2.24) is 4.98 Å². The first-order valence-electron chi connectivity index (χ1n) is 11.8. The highest BCUT2D eigenvalue weighted by Crippen LogP contribution is 2.63. The molecule has 0 saturated heterocycles. The number of benzene rings is 2. The second kappa shape index (κ2) is 8.95. The van der Waals surface area contributed by atoms with E-state index < -0.39 is 0 Å². The predicted octanol–water partition coefficient (Wildman–Crippen LogP) is 4.82. The first-order valence-corrected chi connectivity index (χ1v) is 13.5. The lowest BCUT2D eigenvalue weighted by Crippen LogP contribution is -2.33. The van der Waals surface area contributed by atoms with Gasteiger partial charge in [-0.05, 0) is 79.0 Å². The van der Waals surface area contributed by atoms with Gasteiger partial charge in [0.25, 0.3) is 5.91 Å². The van der Waals surface area contributed by atoms with E-state index in [1.54, 1.807) is 19.2 Å². The number of thioether (sulfide) groups is 1. The van der Waals surface area contributed by atoms with Gasteiger partial charge in [-0.2, -0.15) is 0 Å². The highest BCUT2D eigenvalue weighted by Gasteiger charge is 2.54. The van der Waals surface area contributed by atoms with Crippen molar-refractivity contribution in [3.63, 3.8) is 0 Å². The highest BCUT2D eigenvalue weighted by molar-refractivity contribution is 8.00. The number of hydrogen-bond acceptors (Lipinski definition) is 7. The Kier molecular flexibility index (Phi) is 5.76. The lowest BCUT2D eigenvalue weighted by Gasteiger charge is -2.40. The number of carbonyl (C=O) groups excluding carboxylic acids is 1. The Balaban J connectivity index is 1.24. The van der Waals surface area contributed by atoms with E-state index in [1.807, 2.05) is 30.0 Å². The fourth-order valence-electron chi connectivity index (χ4n) is 6.10. The number of fused-ring (bicyclic) bond motifs is 6. The first kappa shape index (κ1) is 22.5. The smallest absolute Gasteiger partial charge is 0.305 e. The molecule has 9 heteroatoms. The second-order valence-electron chi connectivity index (χ2n) is 9.47. The van der Waals surface area contributed by atoms with E-state index in [1.165, 1.54) is 42.7 Å². The van der Waals surface area contributed by atoms with Gasteiger partial charge in [0.2, 0.25) is 0 Å². The molecule has 0 radical (unpaired) electrons. The van der Waals surface area contributed by atoms with Crippen LogP contribution in [0.5, 0.6) is 17.2 Å². The summed E-state index contributed by atoms with van der Waals surface area (Å²) in [6.45, 7) is -0.172. The van der Waals surface area contributed by atoms with Crippen LogP contribution in [0.1, 0.15) is 35.6 Å². The summed E-state index contributed by atoms with van der Waals surface area (Å²) in [4.78, 5) is 28.8. The Labute approximate surface area is 210 Å². The summed E-state index contributed by atoms with van der Waals surface area (Å²) in [6.07, 6.45) is 3.84. The molecule has 35 heavy (non-hydrogen) atoms. The molecule has 0 spiro atoms. The van der Waals surface area contributed by atoms with Gasteiger partial charge in [-0.1, -0.05) is 17.4 Å². The fraction of sp³-hybridized carbons (Fsp3) is 0.385. The van der Waals surface area contributed by atoms with Gasteiger partial charge < -0.3 is 24.9 Å². The average Bonchev–Trinajstić information content (AvgIpc) is 3.57. The van der Waals surface area contributed by atoms with Gasteiger partial charge in [-0.3, -0.25) is 9.59 Å². The molecule has 182 valence electrons. The molecule has 3 N–H and O–H groups in total. The number of nitrogens with one attached hydrogen (secondary N) is 2. The molecular formula is C26H26N2O5S2. The SMILES string of the molecule is COc1cc([C@H]2c3sc(=O)[nH]c3SC3C4CCC(C4)C32)ccc1OCC(=O)Nc1ccc(O)cc1. The molecule has 7 nitrogen and oxygen atoms in total. The van der Waals surface area contributed by atoms with Gasteiger partial charge in [0.1, 0.15) is 5.75 Å². The van der Waals surface area contributed by atoms with Crippen molar-refractivity contribution in [3.8, 4) is 17.2 Å². The van der Waals surface area contributed by atoms with Crippen molar-refractivity contribution in [2.45, 2.75) is 35.5 Å². The minimum Gasteiger partial charge on any atom is -0.508 e. The third-order valence-corrected chi connectivity index (χ3v) is 10.1. The average molecular weight is 511 g/mol. The minimum atomic E-state index is -0.308. The van der Waals surface area contributed by atoms with Gasteiger partial charge in [0, 0.05) is 21.7 Å². The van der Waals surface area contributed by atoms with Crippen LogP contribution in [-0.2, 0) is 4.79 Å². The zero-order valence-electron chi connectivity index (χ0n) is 19.2. The molecule has 2 heterocycles. The number of aromatic nitrogens is 1. The molecule has 4 unspecified atom stereocenters. The molecule has 2 bridgehead atoms. The lowest BCUT2D eigenvalue weighted by atomic mass is 9.75. The molecule has 5 atom stereocenters. The van der Waals surface area contributed by atoms with Crippen molar-refractivity contribution in [2.75, 3.05) is 19.0 Å². The van der Waals surface area contributed by atoms with E-state index in [0.717, 1.165) is 21.4 Å². The number of phenols is 1. The second-order valence-corrected chi connectivity index (χ2v) is 11.7. The van der Waals surface area contributed by atoms with Gasteiger partial charge in [0.15, 0.2) is 18.1 Å². The van der Waals surface area contributed by atoms with Gasteiger partial charge in [0.05, 0.1) is 12.1 Å². The Morgan fingerprint density at radius 2 is 1.94 bits per heavy atom. The van der Waals surface area contributed by atoms with Crippen LogP contribution in [0.2, 0.25) is 0 Å². The largest absolute Gasteiger partial charge is 0.508 e. The molecule has 1 aliphatic heterocycles. The molecule has 1 amide bonds. The molecule has 3 aliphatic rings. The van der Waals surface area contributed by atoms with E-state index in [9.17, 15) is 14.7 Å². The van der Waals surface area contributed by atoms with Crippen LogP contribution in [0.4, 0.5) is 5.69 Å². The Bertz CT molecular complexity index is 1320. The summed E-state index contributed by atoms with van der Waals surface area (Å²) >= 11 is 3.21.